The van der Waals surface area contributed by atoms with E-state index >= 15 is 4.79 Å². The molecule has 109 heavy (non-hydrogen) atoms. The van der Waals surface area contributed by atoms with Crippen molar-refractivity contribution >= 4 is 116 Å². The van der Waals surface area contributed by atoms with Gasteiger partial charge in [0.2, 0.25) is 65.0 Å². The fourth-order valence-electron chi connectivity index (χ4n) is 10.4. The number of amides is 11. The highest BCUT2D eigenvalue weighted by Crippen LogP contribution is 2.13. The highest BCUT2D eigenvalue weighted by molar-refractivity contribution is 7.86. The molecule has 2 rings (SSSR count). The number of rotatable bonds is 43. The molecule has 0 saturated carbocycles. The van der Waals surface area contributed by atoms with Crippen molar-refractivity contribution in [2.45, 2.75) is 191 Å². The third-order valence-electron chi connectivity index (χ3n) is 15.8. The predicted molar refractivity (Wildman–Crippen MR) is 388 cm³/mol. The van der Waals surface area contributed by atoms with E-state index in [0.29, 0.717) is 24.3 Å². The summed E-state index contributed by atoms with van der Waals surface area (Å²) >= 11 is 0. The standard InChI is InChI=1S/C60H106N16O28S5/c1-35(2)12-10-11-15-48(79)67-40(16-22-61-30-105(90,91)92)55(84)76-50(38(6)78)60(89)72-43(19-25-64-33-108(99,100)101)52(81)70-45-21-27-66-59(88)49(37(5)77)75-56(85)44(20-26-65-34-109(102,103)104)69-51(80)41(17-23-62-31-106(93,94)95)71-57(86)46(28-36(3)4)73-58(87)47(29-39-13-8-7-9-14-39)74-54(83)42(68-53(45)82)18-24-63-32-107(96,97)98/h7-9,13-14,35-38,40-47,49-50,61-65,77-78H,10-12,15-34H2,1-6H3,(H,66,88)(H,67,79)(H,68,82)(H,69,80)(H,70,81)(H,71,86)(H,72,89)(H,73,87)(H,74,83)(H,75,85)(H,76,84)(H,90,91,92)(H,93,94,95)(H,96,97,98)(H,99,100,101)(H,102,103,104)/t37-,38+,40+,41+,42+,43+,44+,45+,46+,47-,49+,50+/m1/s1. The summed E-state index contributed by atoms with van der Waals surface area (Å²) in [6, 6.07) is -11.0. The summed E-state index contributed by atoms with van der Waals surface area (Å²) in [7, 11) is -23.5. The Hall–Kier alpha value is -7.34. The zero-order valence-corrected chi connectivity index (χ0v) is 65.1. The number of hydrogen-bond acceptors (Lipinski definition) is 28. The summed E-state index contributed by atoms with van der Waals surface area (Å²) in [5, 5.41) is 59.8. The first-order valence-corrected chi connectivity index (χ1v) is 42.6. The van der Waals surface area contributed by atoms with E-state index in [2.05, 4.69) is 85.1 Å². The minimum atomic E-state index is -4.78. The Labute approximate surface area is 632 Å². The molecule has 1 aromatic rings. The molecule has 0 spiro atoms. The lowest BCUT2D eigenvalue weighted by atomic mass is 10.00. The van der Waals surface area contributed by atoms with E-state index in [-0.39, 0.29) is 19.4 Å². The normalized spacial score (nSPS) is 21.0. The second kappa shape index (κ2) is 47.8. The van der Waals surface area contributed by atoms with E-state index in [9.17, 15) is 123 Å². The van der Waals surface area contributed by atoms with Gasteiger partial charge in [-0.15, -0.1) is 0 Å². The molecule has 1 aliphatic rings. The zero-order valence-electron chi connectivity index (χ0n) is 61.0. The van der Waals surface area contributed by atoms with Crippen LogP contribution in [0.1, 0.15) is 118 Å². The van der Waals surface area contributed by atoms with E-state index in [1.807, 2.05) is 13.8 Å². The maximum absolute atomic E-state index is 15.0. The van der Waals surface area contributed by atoms with Crippen LogP contribution in [-0.4, -0.2) is 281 Å². The monoisotopic (exact) mass is 1660 g/mol. The van der Waals surface area contributed by atoms with Crippen LogP contribution < -0.4 is 85.1 Å². The number of unbranched alkanes of at least 4 members (excludes halogenated alkanes) is 1. The van der Waals surface area contributed by atoms with Gasteiger partial charge in [0, 0.05) is 19.4 Å². The van der Waals surface area contributed by atoms with E-state index in [1.165, 1.54) is 12.1 Å². The third-order valence-corrected chi connectivity index (χ3v) is 18.7. The van der Waals surface area contributed by atoms with Crippen LogP contribution in [0, 0.1) is 11.8 Å². The molecule has 0 radical (unpaired) electrons. The molecule has 0 aromatic heterocycles. The number of aliphatic hydroxyl groups is 2. The largest absolute Gasteiger partial charge is 0.391 e. The fraction of sp³-hybridized carbons (Fsp3) is 0.717. The van der Waals surface area contributed by atoms with Crippen LogP contribution in [-0.2, 0) is 110 Å². The Kier molecular flexibility index (Phi) is 42.8. The second-order valence-corrected chi connectivity index (χ2v) is 33.9. The van der Waals surface area contributed by atoms with Gasteiger partial charge >= 0.3 is 0 Å². The van der Waals surface area contributed by atoms with Crippen molar-refractivity contribution < 1.29 is 128 Å². The maximum Gasteiger partial charge on any atom is 0.278 e. The number of benzene rings is 1. The van der Waals surface area contributed by atoms with Gasteiger partial charge < -0.3 is 95.3 Å². The van der Waals surface area contributed by atoms with Crippen molar-refractivity contribution in [1.29, 1.82) is 0 Å². The Morgan fingerprint density at radius 1 is 0.450 bits per heavy atom. The maximum atomic E-state index is 15.0. The highest BCUT2D eigenvalue weighted by atomic mass is 32.2. The first-order valence-electron chi connectivity index (χ1n) is 34.5. The minimum Gasteiger partial charge on any atom is -0.391 e. The van der Waals surface area contributed by atoms with Crippen molar-refractivity contribution in [2.75, 3.05) is 68.7 Å². The molecule has 1 fully saturated rings. The van der Waals surface area contributed by atoms with Gasteiger partial charge in [-0.25, -0.2) is 0 Å². The first-order chi connectivity index (χ1) is 50.5. The number of aliphatic hydroxyl groups excluding tert-OH is 2. The van der Waals surface area contributed by atoms with Gasteiger partial charge in [0.15, 0.2) is 0 Å². The molecule has 0 bridgehead atoms. The molecule has 23 N–H and O–H groups in total. The van der Waals surface area contributed by atoms with Crippen molar-refractivity contribution in [3.8, 4) is 0 Å². The zero-order chi connectivity index (χ0) is 82.6. The van der Waals surface area contributed by atoms with Crippen molar-refractivity contribution in [3.63, 3.8) is 0 Å². The molecule has 11 amide bonds. The van der Waals surface area contributed by atoms with E-state index in [0.717, 1.165) is 20.3 Å². The molecule has 1 heterocycles. The summed E-state index contributed by atoms with van der Waals surface area (Å²) in [5.41, 5.74) is 0.362. The van der Waals surface area contributed by atoms with Crippen LogP contribution in [0.4, 0.5) is 0 Å². The van der Waals surface area contributed by atoms with Crippen LogP contribution in [0.15, 0.2) is 30.3 Å². The summed E-state index contributed by atoms with van der Waals surface area (Å²) in [4.78, 5) is 159. The first kappa shape index (κ1) is 97.7. The Bertz CT molecular complexity index is 3770. The average Bonchev–Trinajstić information content (AvgIpc) is 1.16. The van der Waals surface area contributed by atoms with Gasteiger partial charge in [-0.3, -0.25) is 75.5 Å². The van der Waals surface area contributed by atoms with Crippen LogP contribution in [0.2, 0.25) is 0 Å². The Morgan fingerprint density at radius 2 is 0.853 bits per heavy atom. The van der Waals surface area contributed by atoms with Crippen LogP contribution in [0.3, 0.4) is 0 Å². The second-order valence-electron chi connectivity index (χ2n) is 26.6. The molecule has 49 heteroatoms. The van der Waals surface area contributed by atoms with E-state index in [4.69, 9.17) is 0 Å². The highest BCUT2D eigenvalue weighted by Gasteiger charge is 2.38. The summed E-state index contributed by atoms with van der Waals surface area (Å²) in [6.07, 6.45) is -6.44. The minimum absolute atomic E-state index is 0.0919. The van der Waals surface area contributed by atoms with E-state index in [1.54, 1.807) is 32.0 Å². The molecule has 1 aliphatic heterocycles. The topological polar surface area (TPSA) is 693 Å². The van der Waals surface area contributed by atoms with Crippen LogP contribution in [0.25, 0.3) is 0 Å². The van der Waals surface area contributed by atoms with Crippen molar-refractivity contribution in [3.05, 3.63) is 35.9 Å². The quantitative estimate of drug-likeness (QED) is 0.0213. The van der Waals surface area contributed by atoms with Crippen LogP contribution in [0.5, 0.6) is 0 Å². The number of carbonyl (C=O) groups is 11. The molecular formula is C60H106N16O28S5. The van der Waals surface area contributed by atoms with E-state index < -0.39 is 301 Å². The van der Waals surface area contributed by atoms with Crippen molar-refractivity contribution in [1.82, 2.24) is 85.1 Å². The molecule has 44 nitrogen and oxygen atoms in total. The number of nitrogens with one attached hydrogen (secondary N) is 16. The Morgan fingerprint density at radius 3 is 1.28 bits per heavy atom. The molecule has 0 unspecified atom stereocenters. The molecule has 1 saturated heterocycles. The summed E-state index contributed by atoms with van der Waals surface area (Å²) < 4.78 is 164. The molecule has 624 valence electrons. The lowest BCUT2D eigenvalue weighted by molar-refractivity contribution is -0.137. The lowest BCUT2D eigenvalue weighted by Gasteiger charge is -2.29. The van der Waals surface area contributed by atoms with Crippen LogP contribution >= 0.6 is 0 Å². The lowest BCUT2D eigenvalue weighted by Crippen LogP contribution is -2.62. The van der Waals surface area contributed by atoms with Gasteiger partial charge in [-0.1, -0.05) is 70.9 Å². The number of carbonyl (C=O) groups excluding carboxylic acids is 11. The van der Waals surface area contributed by atoms with Gasteiger partial charge in [0.05, 0.1) is 12.2 Å². The summed E-state index contributed by atoms with van der Waals surface area (Å²) in [6.45, 7) is 5.85. The Balaban J connectivity index is 3.02. The predicted octanol–water partition coefficient (Wildman–Crippen LogP) is -8.25. The van der Waals surface area contributed by atoms with Gasteiger partial charge in [0.1, 0.15) is 89.8 Å². The molecule has 0 aliphatic carbocycles. The molecular weight excluding hydrogens is 1550 g/mol. The van der Waals surface area contributed by atoms with Crippen molar-refractivity contribution in [2.24, 2.45) is 11.8 Å². The SMILES string of the molecule is CC(C)CCCCC(=O)N[C@@H](CCNCS(=O)(=O)O)C(=O)N[C@H](C(=O)N[C@@H](CCNCS(=O)(=O)O)C(=O)N[C@H]1CCNC(=O)[C@H]([C@@H](C)O)NC(=O)[C@H](CCNCS(=O)(=O)O)NC(=O)[C@H](CCNCS(=O)(=O)O)NC(=O)[C@H](CC(C)C)NC(=O)[C@@H](Cc2ccccc2)NC(=O)[C@H](CCNCS(=O)(=O)O)NC1=O)[C@H](C)O. The number of hydrogen-bond donors (Lipinski definition) is 23. The van der Waals surface area contributed by atoms with Gasteiger partial charge in [-0.05, 0) is 115 Å². The molecule has 1 aromatic carbocycles. The average molecular weight is 1660 g/mol. The third kappa shape index (κ3) is 43.7. The summed E-state index contributed by atoms with van der Waals surface area (Å²) in [5.74, 6) is -18.9. The molecule has 12 atom stereocenters. The van der Waals surface area contributed by atoms with Gasteiger partial charge in [0.25, 0.3) is 50.6 Å². The fourth-order valence-corrected chi connectivity index (χ4v) is 12.4. The van der Waals surface area contributed by atoms with Gasteiger partial charge in [-0.2, -0.15) is 42.1 Å². The smallest absolute Gasteiger partial charge is 0.278 e.